The standard InChI is InChI=1S/C19H28FN3O3S/c1-3-21-19(22-10-15-8-9-27(24,25)13-15)23-11-14(2)26-18(12-23)16-4-6-17(20)7-5-16/h4-7,14-15,18H,3,8-13H2,1-2H3,(H,21,22). The molecule has 2 fully saturated rings. The number of ether oxygens (including phenoxy) is 1. The van der Waals surface area contributed by atoms with E-state index in [1.54, 1.807) is 12.1 Å². The predicted octanol–water partition coefficient (Wildman–Crippen LogP) is 1.99. The normalized spacial score (nSPS) is 28.3. The van der Waals surface area contributed by atoms with Gasteiger partial charge in [-0.15, -0.1) is 0 Å². The van der Waals surface area contributed by atoms with Gasteiger partial charge in [-0.25, -0.2) is 12.8 Å². The number of morpholine rings is 1. The third-order valence-electron chi connectivity index (χ3n) is 4.96. The summed E-state index contributed by atoms with van der Waals surface area (Å²) in [6, 6.07) is 6.40. The molecule has 1 N–H and O–H groups in total. The van der Waals surface area contributed by atoms with E-state index in [9.17, 15) is 12.8 Å². The Labute approximate surface area is 160 Å². The molecule has 2 aliphatic heterocycles. The molecule has 3 atom stereocenters. The summed E-state index contributed by atoms with van der Waals surface area (Å²) in [6.45, 7) is 6.58. The monoisotopic (exact) mass is 397 g/mol. The Balaban J connectivity index is 1.71. The number of guanidine groups is 1. The first kappa shape index (κ1) is 20.1. The number of hydrogen-bond acceptors (Lipinski definition) is 4. The van der Waals surface area contributed by atoms with Crippen LogP contribution >= 0.6 is 0 Å². The van der Waals surface area contributed by atoms with Crippen molar-refractivity contribution >= 4 is 15.8 Å². The van der Waals surface area contributed by atoms with Crippen LogP contribution in [0.5, 0.6) is 0 Å². The van der Waals surface area contributed by atoms with Gasteiger partial charge >= 0.3 is 0 Å². The van der Waals surface area contributed by atoms with Gasteiger partial charge < -0.3 is 15.0 Å². The van der Waals surface area contributed by atoms with Crippen LogP contribution in [0.25, 0.3) is 0 Å². The third kappa shape index (κ3) is 5.42. The fourth-order valence-corrected chi connectivity index (χ4v) is 5.49. The fourth-order valence-electron chi connectivity index (χ4n) is 3.64. The fraction of sp³-hybridized carbons (Fsp3) is 0.632. The lowest BCUT2D eigenvalue weighted by Gasteiger charge is -2.38. The number of halogens is 1. The molecule has 150 valence electrons. The van der Waals surface area contributed by atoms with Crippen molar-refractivity contribution in [1.82, 2.24) is 10.2 Å². The molecule has 2 saturated heterocycles. The lowest BCUT2D eigenvalue weighted by atomic mass is 10.1. The van der Waals surface area contributed by atoms with Gasteiger partial charge in [-0.3, -0.25) is 4.99 Å². The molecular weight excluding hydrogens is 369 g/mol. The second kappa shape index (κ2) is 8.56. The van der Waals surface area contributed by atoms with Gasteiger partial charge in [0, 0.05) is 19.6 Å². The molecular formula is C19H28FN3O3S. The second-order valence-electron chi connectivity index (χ2n) is 7.36. The zero-order chi connectivity index (χ0) is 19.4. The number of benzene rings is 1. The number of aliphatic imine (C=N–C) groups is 1. The van der Waals surface area contributed by atoms with E-state index in [0.717, 1.165) is 18.1 Å². The Morgan fingerprint density at radius 3 is 2.70 bits per heavy atom. The first-order chi connectivity index (χ1) is 12.9. The molecule has 0 amide bonds. The molecule has 8 heteroatoms. The lowest BCUT2D eigenvalue weighted by molar-refractivity contribution is -0.0605. The molecule has 0 radical (unpaired) electrons. The largest absolute Gasteiger partial charge is 0.367 e. The van der Waals surface area contributed by atoms with Crippen molar-refractivity contribution in [2.45, 2.75) is 32.5 Å². The quantitative estimate of drug-likeness (QED) is 0.621. The lowest BCUT2D eigenvalue weighted by Crippen LogP contribution is -2.50. The van der Waals surface area contributed by atoms with E-state index < -0.39 is 9.84 Å². The zero-order valence-corrected chi connectivity index (χ0v) is 16.7. The summed E-state index contributed by atoms with van der Waals surface area (Å²) < 4.78 is 42.6. The minimum atomic E-state index is -2.89. The highest BCUT2D eigenvalue weighted by atomic mass is 32.2. The first-order valence-corrected chi connectivity index (χ1v) is 11.3. The number of nitrogens with one attached hydrogen (secondary N) is 1. The van der Waals surface area contributed by atoms with Gasteiger partial charge in [0.25, 0.3) is 0 Å². The second-order valence-corrected chi connectivity index (χ2v) is 9.58. The van der Waals surface area contributed by atoms with Crippen molar-refractivity contribution in [3.05, 3.63) is 35.6 Å². The van der Waals surface area contributed by atoms with Crippen LogP contribution in [0.2, 0.25) is 0 Å². The summed E-state index contributed by atoms with van der Waals surface area (Å²) in [5.41, 5.74) is 0.936. The zero-order valence-electron chi connectivity index (χ0n) is 15.9. The summed E-state index contributed by atoms with van der Waals surface area (Å²) in [6.07, 6.45) is 0.526. The Bertz CT molecular complexity index is 767. The van der Waals surface area contributed by atoms with E-state index in [4.69, 9.17) is 9.73 Å². The van der Waals surface area contributed by atoms with E-state index in [-0.39, 0.29) is 35.4 Å². The summed E-state index contributed by atoms with van der Waals surface area (Å²) >= 11 is 0. The summed E-state index contributed by atoms with van der Waals surface area (Å²) in [7, 11) is -2.89. The van der Waals surface area contributed by atoms with Crippen molar-refractivity contribution in [2.75, 3.05) is 37.7 Å². The van der Waals surface area contributed by atoms with Crippen molar-refractivity contribution in [3.63, 3.8) is 0 Å². The molecule has 0 spiro atoms. The van der Waals surface area contributed by atoms with E-state index in [1.165, 1.54) is 12.1 Å². The van der Waals surface area contributed by atoms with Gasteiger partial charge in [0.15, 0.2) is 15.8 Å². The molecule has 3 rings (SSSR count). The molecule has 3 unspecified atom stereocenters. The van der Waals surface area contributed by atoms with Crippen LogP contribution in [0.15, 0.2) is 29.3 Å². The van der Waals surface area contributed by atoms with Gasteiger partial charge in [0.05, 0.1) is 24.2 Å². The highest BCUT2D eigenvalue weighted by molar-refractivity contribution is 7.91. The van der Waals surface area contributed by atoms with E-state index in [0.29, 0.717) is 26.1 Å². The highest BCUT2D eigenvalue weighted by Crippen LogP contribution is 2.26. The highest BCUT2D eigenvalue weighted by Gasteiger charge is 2.30. The SMILES string of the molecule is CCNC(=NCC1CCS(=O)(=O)C1)N1CC(C)OC(c2ccc(F)cc2)C1. The van der Waals surface area contributed by atoms with Crippen molar-refractivity contribution in [2.24, 2.45) is 10.9 Å². The molecule has 0 bridgehead atoms. The van der Waals surface area contributed by atoms with E-state index >= 15 is 0 Å². The van der Waals surface area contributed by atoms with Crippen LogP contribution in [-0.2, 0) is 14.6 Å². The van der Waals surface area contributed by atoms with Crippen molar-refractivity contribution < 1.29 is 17.5 Å². The Morgan fingerprint density at radius 2 is 2.07 bits per heavy atom. The van der Waals surface area contributed by atoms with Crippen LogP contribution < -0.4 is 5.32 Å². The van der Waals surface area contributed by atoms with Crippen LogP contribution in [0.3, 0.4) is 0 Å². The number of nitrogens with zero attached hydrogens (tertiary/aromatic N) is 2. The van der Waals surface area contributed by atoms with Gasteiger partial charge in [-0.2, -0.15) is 0 Å². The van der Waals surface area contributed by atoms with E-state index in [2.05, 4.69) is 10.2 Å². The maximum Gasteiger partial charge on any atom is 0.194 e. The molecule has 1 aromatic rings. The molecule has 0 aliphatic carbocycles. The topological polar surface area (TPSA) is 71.0 Å². The van der Waals surface area contributed by atoms with Crippen LogP contribution in [-0.4, -0.2) is 63.1 Å². The molecule has 2 aliphatic rings. The first-order valence-electron chi connectivity index (χ1n) is 9.51. The molecule has 6 nitrogen and oxygen atoms in total. The van der Waals surface area contributed by atoms with Gasteiger partial charge in [0.2, 0.25) is 0 Å². The predicted molar refractivity (Wildman–Crippen MR) is 104 cm³/mol. The Hall–Kier alpha value is -1.67. The molecule has 0 saturated carbocycles. The maximum absolute atomic E-state index is 13.2. The molecule has 27 heavy (non-hydrogen) atoms. The summed E-state index contributed by atoms with van der Waals surface area (Å²) in [4.78, 5) is 6.86. The van der Waals surface area contributed by atoms with Crippen LogP contribution in [0.4, 0.5) is 4.39 Å². The number of rotatable bonds is 4. The Kier molecular flexibility index (Phi) is 6.37. The van der Waals surface area contributed by atoms with Crippen molar-refractivity contribution in [1.29, 1.82) is 0 Å². The Morgan fingerprint density at radius 1 is 1.33 bits per heavy atom. The van der Waals surface area contributed by atoms with Gasteiger partial charge in [-0.05, 0) is 43.9 Å². The molecule has 0 aromatic heterocycles. The summed E-state index contributed by atoms with van der Waals surface area (Å²) in [5, 5.41) is 3.31. The number of sulfone groups is 1. The average Bonchev–Trinajstić information content (AvgIpc) is 2.97. The minimum Gasteiger partial charge on any atom is -0.367 e. The van der Waals surface area contributed by atoms with E-state index in [1.807, 2.05) is 13.8 Å². The smallest absolute Gasteiger partial charge is 0.194 e. The van der Waals surface area contributed by atoms with Crippen molar-refractivity contribution in [3.8, 4) is 0 Å². The number of hydrogen-bond donors (Lipinski definition) is 1. The van der Waals surface area contributed by atoms with Crippen LogP contribution in [0.1, 0.15) is 31.9 Å². The average molecular weight is 398 g/mol. The molecule has 1 aromatic carbocycles. The maximum atomic E-state index is 13.2. The van der Waals surface area contributed by atoms with Gasteiger partial charge in [-0.1, -0.05) is 12.1 Å². The minimum absolute atomic E-state index is 0.00418. The van der Waals surface area contributed by atoms with Crippen LogP contribution in [0, 0.1) is 11.7 Å². The van der Waals surface area contributed by atoms with Gasteiger partial charge in [0.1, 0.15) is 11.9 Å². The molecule has 2 heterocycles. The summed E-state index contributed by atoms with van der Waals surface area (Å²) in [5.74, 6) is 1.11. The third-order valence-corrected chi connectivity index (χ3v) is 6.80.